The van der Waals surface area contributed by atoms with Crippen LogP contribution in [0.15, 0.2) is 36.7 Å². The first kappa shape index (κ1) is 15.5. The summed E-state index contributed by atoms with van der Waals surface area (Å²) in [4.78, 5) is 15.9. The molecule has 0 N–H and O–H groups in total. The zero-order chi connectivity index (χ0) is 16.4. The summed E-state index contributed by atoms with van der Waals surface area (Å²) in [6.45, 7) is 2.51. The van der Waals surface area contributed by atoms with Crippen molar-refractivity contribution in [2.24, 2.45) is 0 Å². The molecule has 24 heavy (non-hydrogen) atoms. The summed E-state index contributed by atoms with van der Waals surface area (Å²) >= 11 is 1.82. The number of thiazole rings is 1. The standard InChI is InChI=1S/C18H20N4OS/c1-23-11-14-9-17(20-12-19-14)22-8-4-5-13(10-22)18-21-15-6-2-3-7-16(15)24-18/h2-3,6-7,9,12-13H,4-5,8,10-11H2,1H3/t13-/m1/s1. The summed E-state index contributed by atoms with van der Waals surface area (Å²) in [5.74, 6) is 1.46. The van der Waals surface area contributed by atoms with Crippen molar-refractivity contribution in [3.05, 3.63) is 47.4 Å². The number of hydrogen-bond acceptors (Lipinski definition) is 6. The molecular weight excluding hydrogens is 320 g/mol. The van der Waals surface area contributed by atoms with E-state index in [1.165, 1.54) is 16.1 Å². The monoisotopic (exact) mass is 340 g/mol. The lowest BCUT2D eigenvalue weighted by molar-refractivity contribution is 0.181. The lowest BCUT2D eigenvalue weighted by Gasteiger charge is -2.32. The fourth-order valence-corrected chi connectivity index (χ4v) is 4.33. The molecule has 1 fully saturated rings. The van der Waals surface area contributed by atoms with Gasteiger partial charge in [0.2, 0.25) is 0 Å². The van der Waals surface area contributed by atoms with E-state index in [9.17, 15) is 0 Å². The molecule has 0 aliphatic carbocycles. The zero-order valence-electron chi connectivity index (χ0n) is 13.7. The predicted octanol–water partition coefficient (Wildman–Crippen LogP) is 3.62. The maximum absolute atomic E-state index is 5.18. The van der Waals surface area contributed by atoms with Gasteiger partial charge in [-0.25, -0.2) is 15.0 Å². The number of anilines is 1. The van der Waals surface area contributed by atoms with Crippen LogP contribution >= 0.6 is 11.3 Å². The summed E-state index contributed by atoms with van der Waals surface area (Å²) < 4.78 is 6.45. The van der Waals surface area contributed by atoms with Crippen molar-refractivity contribution in [2.45, 2.75) is 25.4 Å². The number of nitrogens with zero attached hydrogens (tertiary/aromatic N) is 4. The molecule has 0 unspecified atom stereocenters. The van der Waals surface area contributed by atoms with Gasteiger partial charge in [-0.1, -0.05) is 12.1 Å². The molecule has 0 radical (unpaired) electrons. The van der Waals surface area contributed by atoms with E-state index in [0.717, 1.165) is 36.5 Å². The molecular formula is C18H20N4OS. The molecule has 0 saturated carbocycles. The van der Waals surface area contributed by atoms with Gasteiger partial charge < -0.3 is 9.64 Å². The highest BCUT2D eigenvalue weighted by Crippen LogP contribution is 2.34. The SMILES string of the molecule is COCc1cc(N2CCC[C@@H](c3nc4ccccc4s3)C2)ncn1. The van der Waals surface area contributed by atoms with Crippen LogP contribution in [-0.4, -0.2) is 35.2 Å². The molecule has 124 valence electrons. The van der Waals surface area contributed by atoms with Gasteiger partial charge in [0.1, 0.15) is 12.1 Å². The quantitative estimate of drug-likeness (QED) is 0.726. The first-order valence-corrected chi connectivity index (χ1v) is 9.05. The number of piperidine rings is 1. The second kappa shape index (κ2) is 6.83. The van der Waals surface area contributed by atoms with Gasteiger partial charge in [-0.05, 0) is 25.0 Å². The lowest BCUT2D eigenvalue weighted by Crippen LogP contribution is -2.35. The molecule has 1 atom stereocenters. The Morgan fingerprint density at radius 2 is 2.21 bits per heavy atom. The fourth-order valence-electron chi connectivity index (χ4n) is 3.24. The van der Waals surface area contributed by atoms with E-state index in [0.29, 0.717) is 12.5 Å². The van der Waals surface area contributed by atoms with Crippen LogP contribution in [0.3, 0.4) is 0 Å². The molecule has 0 bridgehead atoms. The average molecular weight is 340 g/mol. The maximum atomic E-state index is 5.18. The van der Waals surface area contributed by atoms with Gasteiger partial charge in [-0.15, -0.1) is 11.3 Å². The van der Waals surface area contributed by atoms with Crippen molar-refractivity contribution in [3.8, 4) is 0 Å². The minimum atomic E-state index is 0.469. The molecule has 1 aliphatic rings. The van der Waals surface area contributed by atoms with Gasteiger partial charge in [0, 0.05) is 32.2 Å². The van der Waals surface area contributed by atoms with E-state index >= 15 is 0 Å². The summed E-state index contributed by atoms with van der Waals surface area (Å²) in [5, 5.41) is 1.24. The molecule has 5 nitrogen and oxygen atoms in total. The minimum absolute atomic E-state index is 0.469. The smallest absolute Gasteiger partial charge is 0.132 e. The highest BCUT2D eigenvalue weighted by atomic mass is 32.1. The number of para-hydroxylation sites is 1. The molecule has 1 aromatic carbocycles. The first-order valence-electron chi connectivity index (χ1n) is 8.24. The molecule has 0 amide bonds. The molecule has 1 aliphatic heterocycles. The molecule has 1 saturated heterocycles. The minimum Gasteiger partial charge on any atom is -0.378 e. The number of rotatable bonds is 4. The highest BCUT2D eigenvalue weighted by Gasteiger charge is 2.25. The number of ether oxygens (including phenoxy) is 1. The Balaban J connectivity index is 1.56. The number of hydrogen-bond donors (Lipinski definition) is 0. The Morgan fingerprint density at radius 3 is 3.08 bits per heavy atom. The third-order valence-corrected chi connectivity index (χ3v) is 5.61. The largest absolute Gasteiger partial charge is 0.378 e. The second-order valence-electron chi connectivity index (χ2n) is 6.11. The van der Waals surface area contributed by atoms with E-state index in [2.05, 4.69) is 39.1 Å². The van der Waals surface area contributed by atoms with Crippen molar-refractivity contribution in [1.82, 2.24) is 15.0 Å². The van der Waals surface area contributed by atoms with Crippen LogP contribution in [0.2, 0.25) is 0 Å². The summed E-state index contributed by atoms with van der Waals surface area (Å²) in [6.07, 6.45) is 3.97. The molecule has 3 heterocycles. The van der Waals surface area contributed by atoms with Gasteiger partial charge >= 0.3 is 0 Å². The first-order chi connectivity index (χ1) is 11.8. The van der Waals surface area contributed by atoms with Crippen molar-refractivity contribution >= 4 is 27.4 Å². The van der Waals surface area contributed by atoms with Crippen molar-refractivity contribution < 1.29 is 4.74 Å². The van der Waals surface area contributed by atoms with Crippen LogP contribution in [0.4, 0.5) is 5.82 Å². The molecule has 3 aromatic rings. The predicted molar refractivity (Wildman–Crippen MR) is 96.6 cm³/mol. The summed E-state index contributed by atoms with van der Waals surface area (Å²) in [6, 6.07) is 10.4. The van der Waals surface area contributed by atoms with Crippen LogP contribution in [-0.2, 0) is 11.3 Å². The van der Waals surface area contributed by atoms with E-state index in [1.807, 2.05) is 17.4 Å². The number of benzene rings is 1. The summed E-state index contributed by atoms with van der Waals surface area (Å²) in [7, 11) is 1.69. The number of aromatic nitrogens is 3. The number of fused-ring (bicyclic) bond motifs is 1. The van der Waals surface area contributed by atoms with Crippen LogP contribution < -0.4 is 4.90 Å². The maximum Gasteiger partial charge on any atom is 0.132 e. The molecule has 2 aromatic heterocycles. The Morgan fingerprint density at radius 1 is 1.29 bits per heavy atom. The topological polar surface area (TPSA) is 51.1 Å². The van der Waals surface area contributed by atoms with Gasteiger partial charge in [0.25, 0.3) is 0 Å². The summed E-state index contributed by atoms with van der Waals surface area (Å²) in [5.41, 5.74) is 2.03. The van der Waals surface area contributed by atoms with Crippen LogP contribution in [0.5, 0.6) is 0 Å². The third-order valence-electron chi connectivity index (χ3n) is 4.41. The Hall–Kier alpha value is -2.05. The van der Waals surface area contributed by atoms with Gasteiger partial charge in [0.05, 0.1) is 27.5 Å². The van der Waals surface area contributed by atoms with Crippen molar-refractivity contribution in [1.29, 1.82) is 0 Å². The van der Waals surface area contributed by atoms with Crippen LogP contribution in [0, 0.1) is 0 Å². The average Bonchev–Trinajstić information content (AvgIpc) is 3.07. The Labute approximate surface area is 145 Å². The molecule has 0 spiro atoms. The van der Waals surface area contributed by atoms with Crippen molar-refractivity contribution in [2.75, 3.05) is 25.1 Å². The second-order valence-corrected chi connectivity index (χ2v) is 7.17. The van der Waals surface area contributed by atoms with Crippen LogP contribution in [0.25, 0.3) is 10.2 Å². The lowest BCUT2D eigenvalue weighted by atomic mass is 9.99. The Bertz CT molecular complexity index is 802. The normalized spacial score (nSPS) is 18.2. The van der Waals surface area contributed by atoms with E-state index in [-0.39, 0.29) is 0 Å². The molecule has 4 rings (SSSR count). The van der Waals surface area contributed by atoms with E-state index < -0.39 is 0 Å². The van der Waals surface area contributed by atoms with Gasteiger partial charge in [-0.2, -0.15) is 0 Å². The van der Waals surface area contributed by atoms with E-state index in [4.69, 9.17) is 9.72 Å². The van der Waals surface area contributed by atoms with E-state index in [1.54, 1.807) is 13.4 Å². The van der Waals surface area contributed by atoms with Crippen molar-refractivity contribution in [3.63, 3.8) is 0 Å². The third kappa shape index (κ3) is 3.12. The molecule has 6 heteroatoms. The fraction of sp³-hybridized carbons (Fsp3) is 0.389. The van der Waals surface area contributed by atoms with Crippen LogP contribution in [0.1, 0.15) is 29.5 Å². The number of methoxy groups -OCH3 is 1. The Kier molecular flexibility index (Phi) is 4.40. The zero-order valence-corrected chi connectivity index (χ0v) is 14.5. The van der Waals surface area contributed by atoms with Gasteiger partial charge in [0.15, 0.2) is 0 Å². The highest BCUT2D eigenvalue weighted by molar-refractivity contribution is 7.18. The van der Waals surface area contributed by atoms with Gasteiger partial charge in [-0.3, -0.25) is 0 Å².